The molecule has 0 bridgehead atoms. The zero-order valence-electron chi connectivity index (χ0n) is 8.60. The summed E-state index contributed by atoms with van der Waals surface area (Å²) in [6.07, 6.45) is 4.56. The van der Waals surface area contributed by atoms with E-state index in [-0.39, 0.29) is 0 Å². The number of pyridine rings is 1. The second-order valence-electron chi connectivity index (χ2n) is 4.51. The fraction of sp³-hybridized carbons (Fsp3) is 0.545. The van der Waals surface area contributed by atoms with E-state index in [4.69, 9.17) is 0 Å². The van der Waals surface area contributed by atoms with Crippen LogP contribution in [0.3, 0.4) is 0 Å². The first-order chi connectivity index (χ1) is 6.59. The monoisotopic (exact) mass is 254 g/mol. The molecule has 0 radical (unpaired) electrons. The molecule has 1 saturated carbocycles. The van der Waals surface area contributed by atoms with Gasteiger partial charge in [-0.1, -0.05) is 6.92 Å². The fourth-order valence-electron chi connectivity index (χ4n) is 1.35. The second kappa shape index (κ2) is 3.54. The Labute approximate surface area is 93.3 Å². The highest BCUT2D eigenvalue weighted by Crippen LogP contribution is 2.44. The highest BCUT2D eigenvalue weighted by atomic mass is 79.9. The topological polar surface area (TPSA) is 24.9 Å². The lowest BCUT2D eigenvalue weighted by Gasteiger charge is -2.11. The van der Waals surface area contributed by atoms with Crippen molar-refractivity contribution < 1.29 is 0 Å². The molecule has 2 nitrogen and oxygen atoms in total. The molecule has 0 aromatic carbocycles. The first-order valence-corrected chi connectivity index (χ1v) is 5.74. The minimum Gasteiger partial charge on any atom is -0.369 e. The minimum atomic E-state index is 0.520. The van der Waals surface area contributed by atoms with Crippen LogP contribution in [0.4, 0.5) is 5.82 Å². The summed E-state index contributed by atoms with van der Waals surface area (Å²) < 4.78 is 1.06. The maximum Gasteiger partial charge on any atom is 0.140 e. The minimum absolute atomic E-state index is 0.520. The number of aryl methyl sites for hydroxylation is 1. The SMILES string of the molecule is Cc1cnc(NCC2(C)CC2)c(Br)c1. The Hall–Kier alpha value is -0.570. The van der Waals surface area contributed by atoms with Crippen LogP contribution in [-0.4, -0.2) is 11.5 Å². The molecular weight excluding hydrogens is 240 g/mol. The van der Waals surface area contributed by atoms with E-state index in [1.165, 1.54) is 18.4 Å². The van der Waals surface area contributed by atoms with Gasteiger partial charge in [0.2, 0.25) is 0 Å². The van der Waals surface area contributed by atoms with Crippen molar-refractivity contribution in [2.24, 2.45) is 5.41 Å². The average Bonchev–Trinajstić information content (AvgIpc) is 2.83. The van der Waals surface area contributed by atoms with Crippen LogP contribution in [0, 0.1) is 12.3 Å². The van der Waals surface area contributed by atoms with Gasteiger partial charge in [0.25, 0.3) is 0 Å². The summed E-state index contributed by atoms with van der Waals surface area (Å²) in [7, 11) is 0. The molecule has 0 spiro atoms. The Morgan fingerprint density at radius 1 is 1.57 bits per heavy atom. The molecule has 1 aliphatic rings. The average molecular weight is 255 g/mol. The van der Waals surface area contributed by atoms with Crippen molar-refractivity contribution in [1.82, 2.24) is 4.98 Å². The van der Waals surface area contributed by atoms with Crippen molar-refractivity contribution in [3.8, 4) is 0 Å². The molecule has 1 heterocycles. The zero-order chi connectivity index (χ0) is 10.2. The van der Waals surface area contributed by atoms with Gasteiger partial charge in [-0.15, -0.1) is 0 Å². The van der Waals surface area contributed by atoms with Gasteiger partial charge in [-0.05, 0) is 52.7 Å². The van der Waals surface area contributed by atoms with Gasteiger partial charge in [0, 0.05) is 12.7 Å². The highest BCUT2D eigenvalue weighted by Gasteiger charge is 2.36. The van der Waals surface area contributed by atoms with E-state index in [0.717, 1.165) is 16.8 Å². The highest BCUT2D eigenvalue weighted by molar-refractivity contribution is 9.10. The van der Waals surface area contributed by atoms with Crippen LogP contribution in [0.15, 0.2) is 16.7 Å². The summed E-state index contributed by atoms with van der Waals surface area (Å²) in [5, 5.41) is 3.38. The molecule has 1 aliphatic carbocycles. The first-order valence-electron chi connectivity index (χ1n) is 4.95. The molecule has 76 valence electrons. The van der Waals surface area contributed by atoms with E-state index in [1.54, 1.807) is 0 Å². The number of hydrogen-bond acceptors (Lipinski definition) is 2. The Morgan fingerprint density at radius 3 is 2.86 bits per heavy atom. The largest absolute Gasteiger partial charge is 0.369 e. The van der Waals surface area contributed by atoms with Crippen LogP contribution in [-0.2, 0) is 0 Å². The molecule has 0 atom stereocenters. The smallest absolute Gasteiger partial charge is 0.140 e. The number of aromatic nitrogens is 1. The van der Waals surface area contributed by atoms with E-state index >= 15 is 0 Å². The quantitative estimate of drug-likeness (QED) is 0.895. The molecule has 0 saturated heterocycles. The van der Waals surface area contributed by atoms with Gasteiger partial charge in [-0.2, -0.15) is 0 Å². The molecule has 1 N–H and O–H groups in total. The lowest BCUT2D eigenvalue weighted by atomic mass is 10.1. The maximum absolute atomic E-state index is 4.35. The Kier molecular flexibility index (Phi) is 2.52. The van der Waals surface area contributed by atoms with Crippen molar-refractivity contribution in [2.45, 2.75) is 26.7 Å². The normalized spacial score (nSPS) is 17.9. The maximum atomic E-state index is 4.35. The van der Waals surface area contributed by atoms with Gasteiger partial charge in [0.1, 0.15) is 5.82 Å². The summed E-state index contributed by atoms with van der Waals surface area (Å²) in [6, 6.07) is 2.09. The number of nitrogens with zero attached hydrogens (tertiary/aromatic N) is 1. The van der Waals surface area contributed by atoms with Gasteiger partial charge in [-0.25, -0.2) is 4.98 Å². The molecule has 1 aromatic rings. The lowest BCUT2D eigenvalue weighted by Crippen LogP contribution is -2.12. The van der Waals surface area contributed by atoms with E-state index in [0.29, 0.717) is 5.41 Å². The van der Waals surface area contributed by atoms with Gasteiger partial charge >= 0.3 is 0 Å². The third-order valence-corrected chi connectivity index (χ3v) is 3.37. The van der Waals surface area contributed by atoms with E-state index < -0.39 is 0 Å². The summed E-state index contributed by atoms with van der Waals surface area (Å²) in [4.78, 5) is 4.35. The molecule has 1 fully saturated rings. The standard InChI is InChI=1S/C11H15BrN2/c1-8-5-9(12)10(13-6-8)14-7-11(2)3-4-11/h5-6H,3-4,7H2,1-2H3,(H,13,14). The number of nitrogens with one attached hydrogen (secondary N) is 1. The van der Waals surface area contributed by atoms with Crippen LogP contribution in [0.2, 0.25) is 0 Å². The van der Waals surface area contributed by atoms with Crippen LogP contribution < -0.4 is 5.32 Å². The first kappa shape index (κ1) is 9.97. The van der Waals surface area contributed by atoms with Crippen molar-refractivity contribution in [3.63, 3.8) is 0 Å². The molecule has 0 aliphatic heterocycles. The molecule has 3 heteroatoms. The third-order valence-electron chi connectivity index (χ3n) is 2.76. The molecule has 14 heavy (non-hydrogen) atoms. The zero-order valence-corrected chi connectivity index (χ0v) is 10.2. The Bertz CT molecular complexity index is 345. The molecule has 0 unspecified atom stereocenters. The number of hydrogen-bond donors (Lipinski definition) is 1. The second-order valence-corrected chi connectivity index (χ2v) is 5.36. The Balaban J connectivity index is 2.02. The lowest BCUT2D eigenvalue weighted by molar-refractivity contribution is 0.609. The van der Waals surface area contributed by atoms with Gasteiger partial charge in [0.05, 0.1) is 4.47 Å². The summed E-state index contributed by atoms with van der Waals surface area (Å²) in [5.41, 5.74) is 1.70. The van der Waals surface area contributed by atoms with Gasteiger partial charge < -0.3 is 5.32 Å². The third kappa shape index (κ3) is 2.27. The number of anilines is 1. The molecular formula is C11H15BrN2. The number of rotatable bonds is 3. The molecule has 0 amide bonds. The Morgan fingerprint density at radius 2 is 2.29 bits per heavy atom. The molecule has 1 aromatic heterocycles. The van der Waals surface area contributed by atoms with Crippen molar-refractivity contribution in [1.29, 1.82) is 0 Å². The summed E-state index contributed by atoms with van der Waals surface area (Å²) >= 11 is 3.51. The summed E-state index contributed by atoms with van der Waals surface area (Å²) in [5.74, 6) is 0.962. The van der Waals surface area contributed by atoms with Crippen LogP contribution >= 0.6 is 15.9 Å². The molecule has 2 rings (SSSR count). The van der Waals surface area contributed by atoms with Crippen molar-refractivity contribution >= 4 is 21.7 Å². The summed E-state index contributed by atoms with van der Waals surface area (Å²) in [6.45, 7) is 5.38. The van der Waals surface area contributed by atoms with Crippen molar-refractivity contribution in [2.75, 3.05) is 11.9 Å². The predicted molar refractivity (Wildman–Crippen MR) is 62.5 cm³/mol. The van der Waals surface area contributed by atoms with E-state index in [9.17, 15) is 0 Å². The fourth-order valence-corrected chi connectivity index (χ4v) is 1.95. The van der Waals surface area contributed by atoms with Crippen LogP contribution in [0.25, 0.3) is 0 Å². The van der Waals surface area contributed by atoms with Crippen molar-refractivity contribution in [3.05, 3.63) is 22.3 Å². The van der Waals surface area contributed by atoms with Gasteiger partial charge in [-0.3, -0.25) is 0 Å². The van der Waals surface area contributed by atoms with E-state index in [1.807, 2.05) is 13.1 Å². The van der Waals surface area contributed by atoms with Crippen LogP contribution in [0.1, 0.15) is 25.3 Å². The van der Waals surface area contributed by atoms with Crippen LogP contribution in [0.5, 0.6) is 0 Å². The predicted octanol–water partition coefficient (Wildman–Crippen LogP) is 3.36. The number of halogens is 1. The van der Waals surface area contributed by atoms with E-state index in [2.05, 4.69) is 39.2 Å². The van der Waals surface area contributed by atoms with Gasteiger partial charge in [0.15, 0.2) is 0 Å².